The van der Waals surface area contributed by atoms with E-state index in [0.717, 1.165) is 10.4 Å². The molecule has 0 saturated heterocycles. The first-order valence-electron chi connectivity index (χ1n) is 7.36. The van der Waals surface area contributed by atoms with Crippen molar-refractivity contribution in [1.29, 1.82) is 0 Å². The third-order valence-corrected chi connectivity index (χ3v) is 3.97. The summed E-state index contributed by atoms with van der Waals surface area (Å²) in [7, 11) is 0. The molecular weight excluding hydrogens is 307 g/mol. The number of benzene rings is 3. The van der Waals surface area contributed by atoms with Crippen molar-refractivity contribution in [1.82, 2.24) is 5.01 Å². The molecule has 2 amide bonds. The maximum atomic E-state index is 13.7. The van der Waals surface area contributed by atoms with Gasteiger partial charge < -0.3 is 0 Å². The Morgan fingerprint density at radius 3 is 2.08 bits per heavy atom. The largest absolute Gasteiger partial charge is 0.282 e. The van der Waals surface area contributed by atoms with Gasteiger partial charge in [-0.25, -0.2) is 4.39 Å². The van der Waals surface area contributed by atoms with Gasteiger partial charge >= 0.3 is 0 Å². The van der Waals surface area contributed by atoms with E-state index in [1.807, 2.05) is 12.1 Å². The summed E-state index contributed by atoms with van der Waals surface area (Å²) in [6.45, 7) is 0. The van der Waals surface area contributed by atoms with Crippen LogP contribution in [0.15, 0.2) is 65.8 Å². The van der Waals surface area contributed by atoms with E-state index in [1.54, 1.807) is 36.4 Å². The molecule has 4 rings (SSSR count). The predicted molar refractivity (Wildman–Crippen MR) is 88.4 cm³/mol. The highest BCUT2D eigenvalue weighted by Crippen LogP contribution is 2.30. The number of amides is 2. The van der Waals surface area contributed by atoms with Crippen LogP contribution in [0.5, 0.6) is 0 Å². The number of hydrogen-bond acceptors (Lipinski definition) is 3. The first-order chi connectivity index (χ1) is 11.7. The predicted octanol–water partition coefficient (Wildman–Crippen LogP) is 3.61. The van der Waals surface area contributed by atoms with Crippen LogP contribution in [0.25, 0.3) is 10.8 Å². The van der Waals surface area contributed by atoms with Crippen molar-refractivity contribution < 1.29 is 14.0 Å². The molecule has 0 radical (unpaired) electrons. The molecule has 3 aromatic rings. The van der Waals surface area contributed by atoms with E-state index in [-0.39, 0.29) is 5.56 Å². The first kappa shape index (κ1) is 14.3. The minimum absolute atomic E-state index is 0.204. The van der Waals surface area contributed by atoms with Gasteiger partial charge in [0.15, 0.2) is 0 Å². The Bertz CT molecular complexity index is 976. The molecule has 0 spiro atoms. The smallest absolute Gasteiger partial charge is 0.267 e. The second-order valence-corrected chi connectivity index (χ2v) is 5.40. The molecule has 0 atom stereocenters. The zero-order chi connectivity index (χ0) is 16.7. The number of carbonyl (C=O) groups is 2. The second kappa shape index (κ2) is 5.38. The fourth-order valence-corrected chi connectivity index (χ4v) is 2.82. The summed E-state index contributed by atoms with van der Waals surface area (Å²) >= 11 is 0. The highest BCUT2D eigenvalue weighted by atomic mass is 19.1. The van der Waals surface area contributed by atoms with E-state index in [9.17, 15) is 14.0 Å². The van der Waals surface area contributed by atoms with Crippen LogP contribution in [0.4, 0.5) is 4.39 Å². The Balaban J connectivity index is 1.81. The van der Waals surface area contributed by atoms with Gasteiger partial charge in [0.1, 0.15) is 5.82 Å². The van der Waals surface area contributed by atoms with Crippen molar-refractivity contribution in [3.63, 3.8) is 0 Å². The lowest BCUT2D eigenvalue weighted by Crippen LogP contribution is -2.36. The topological polar surface area (TPSA) is 49.7 Å². The van der Waals surface area contributed by atoms with Crippen LogP contribution in [-0.4, -0.2) is 23.0 Å². The molecule has 0 aliphatic carbocycles. The highest BCUT2D eigenvalue weighted by Gasteiger charge is 2.32. The average molecular weight is 318 g/mol. The first-order valence-corrected chi connectivity index (χ1v) is 7.36. The summed E-state index contributed by atoms with van der Waals surface area (Å²) in [6.07, 6.45) is 1.18. The van der Waals surface area contributed by atoms with Crippen LogP contribution >= 0.6 is 0 Å². The maximum absolute atomic E-state index is 13.7. The Labute approximate surface area is 136 Å². The van der Waals surface area contributed by atoms with Crippen molar-refractivity contribution in [2.45, 2.75) is 0 Å². The van der Waals surface area contributed by atoms with Gasteiger partial charge in [-0.1, -0.05) is 42.5 Å². The molecule has 5 heteroatoms. The fourth-order valence-electron chi connectivity index (χ4n) is 2.82. The van der Waals surface area contributed by atoms with Gasteiger partial charge in [0.2, 0.25) is 0 Å². The zero-order valence-electron chi connectivity index (χ0n) is 12.4. The molecule has 1 aliphatic rings. The van der Waals surface area contributed by atoms with Gasteiger partial charge in [-0.05, 0) is 23.6 Å². The molecule has 1 heterocycles. The maximum Gasteiger partial charge on any atom is 0.282 e. The SMILES string of the molecule is O=C1c2cccc3cccc(c23)C(=O)N1/N=C\c1ccccc1F. The molecule has 3 aromatic carbocycles. The zero-order valence-corrected chi connectivity index (χ0v) is 12.4. The van der Waals surface area contributed by atoms with Gasteiger partial charge in [0, 0.05) is 10.9 Å². The van der Waals surface area contributed by atoms with E-state index < -0.39 is 17.6 Å². The Kier molecular flexibility index (Phi) is 3.20. The van der Waals surface area contributed by atoms with E-state index in [2.05, 4.69) is 5.10 Å². The minimum Gasteiger partial charge on any atom is -0.267 e. The molecule has 0 unspecified atom stereocenters. The molecule has 0 aromatic heterocycles. The number of imide groups is 1. The highest BCUT2D eigenvalue weighted by molar-refractivity contribution is 6.25. The molecular formula is C19H11FN2O2. The molecule has 0 bridgehead atoms. The molecule has 116 valence electrons. The average Bonchev–Trinajstić information content (AvgIpc) is 2.61. The number of halogens is 1. The van der Waals surface area contributed by atoms with Gasteiger partial charge in [0.25, 0.3) is 11.8 Å². The van der Waals surface area contributed by atoms with Gasteiger partial charge in [0.05, 0.1) is 17.3 Å². The van der Waals surface area contributed by atoms with Crippen molar-refractivity contribution in [3.8, 4) is 0 Å². The molecule has 0 N–H and O–H groups in total. The monoisotopic (exact) mass is 318 g/mol. The number of carbonyl (C=O) groups excluding carboxylic acids is 2. The van der Waals surface area contributed by atoms with Crippen LogP contribution in [0.2, 0.25) is 0 Å². The van der Waals surface area contributed by atoms with Crippen LogP contribution in [0, 0.1) is 5.82 Å². The lowest BCUT2D eigenvalue weighted by atomic mass is 9.95. The molecule has 4 nitrogen and oxygen atoms in total. The van der Waals surface area contributed by atoms with E-state index in [1.165, 1.54) is 18.3 Å². The summed E-state index contributed by atoms with van der Waals surface area (Å²) in [4.78, 5) is 25.2. The quantitative estimate of drug-likeness (QED) is 0.535. The van der Waals surface area contributed by atoms with Crippen molar-refractivity contribution in [3.05, 3.63) is 83.2 Å². The normalized spacial score (nSPS) is 14.0. The molecule has 0 saturated carbocycles. The minimum atomic E-state index is -0.517. The summed E-state index contributed by atoms with van der Waals surface area (Å²) in [5, 5.41) is 6.17. The lowest BCUT2D eigenvalue weighted by Gasteiger charge is -2.22. The molecule has 24 heavy (non-hydrogen) atoms. The Morgan fingerprint density at radius 2 is 1.46 bits per heavy atom. The third-order valence-electron chi connectivity index (χ3n) is 3.97. The van der Waals surface area contributed by atoms with E-state index in [4.69, 9.17) is 0 Å². The fraction of sp³-hybridized carbons (Fsp3) is 0. The summed E-state index contributed by atoms with van der Waals surface area (Å²) in [5.41, 5.74) is 1.02. The van der Waals surface area contributed by atoms with Crippen molar-refractivity contribution in [2.75, 3.05) is 0 Å². The second-order valence-electron chi connectivity index (χ2n) is 5.40. The van der Waals surface area contributed by atoms with E-state index in [0.29, 0.717) is 16.5 Å². The standard InChI is InChI=1S/C19H11FN2O2/c20-16-10-2-1-5-13(16)11-21-22-18(23)14-8-3-6-12-7-4-9-15(17(12)14)19(22)24/h1-11H/b21-11-. The van der Waals surface area contributed by atoms with Gasteiger partial charge in [-0.3, -0.25) is 9.59 Å². The van der Waals surface area contributed by atoms with Crippen molar-refractivity contribution >= 4 is 28.8 Å². The molecule has 1 aliphatic heterocycles. The van der Waals surface area contributed by atoms with Gasteiger partial charge in [-0.15, -0.1) is 0 Å². The van der Waals surface area contributed by atoms with Crippen LogP contribution in [0.3, 0.4) is 0 Å². The summed E-state index contributed by atoms with van der Waals surface area (Å²) in [6, 6.07) is 16.5. The summed E-state index contributed by atoms with van der Waals surface area (Å²) < 4.78 is 13.7. The third kappa shape index (κ3) is 2.10. The van der Waals surface area contributed by atoms with Crippen LogP contribution in [0.1, 0.15) is 26.3 Å². The van der Waals surface area contributed by atoms with E-state index >= 15 is 0 Å². The van der Waals surface area contributed by atoms with Gasteiger partial charge in [-0.2, -0.15) is 10.1 Å². The van der Waals surface area contributed by atoms with Crippen molar-refractivity contribution in [2.24, 2.45) is 5.10 Å². The van der Waals surface area contributed by atoms with Crippen LogP contribution in [-0.2, 0) is 0 Å². The number of rotatable bonds is 2. The number of hydrazone groups is 1. The summed E-state index contributed by atoms with van der Waals surface area (Å²) in [5.74, 6) is -1.51. The Hall–Kier alpha value is -3.34. The Morgan fingerprint density at radius 1 is 0.833 bits per heavy atom. The molecule has 0 fully saturated rings. The number of hydrogen-bond donors (Lipinski definition) is 0. The lowest BCUT2D eigenvalue weighted by molar-refractivity contribution is 0.0616. The van der Waals surface area contributed by atoms with Crippen LogP contribution < -0.4 is 0 Å². The number of nitrogens with zero attached hydrogens (tertiary/aromatic N) is 2.